The molecule has 0 aromatic heterocycles. The summed E-state index contributed by atoms with van der Waals surface area (Å²) in [5.41, 5.74) is 5.03. The summed E-state index contributed by atoms with van der Waals surface area (Å²) in [7, 11) is 0. The minimum atomic E-state index is 0.00738. The van der Waals surface area contributed by atoms with Crippen LogP contribution in [0.15, 0.2) is 18.2 Å². The Bertz CT molecular complexity index is 399. The topological polar surface area (TPSA) is 67.1 Å². The minimum absolute atomic E-state index is 0.00738. The van der Waals surface area contributed by atoms with Gasteiger partial charge in [0.1, 0.15) is 0 Å². The maximum atomic E-state index is 11.8. The van der Waals surface area contributed by atoms with Crippen molar-refractivity contribution in [1.82, 2.24) is 5.32 Å². The van der Waals surface area contributed by atoms with Gasteiger partial charge in [-0.3, -0.25) is 10.6 Å². The number of benzene rings is 1. The molecule has 4 N–H and O–H groups in total. The standard InChI is InChI=1S/C12H17N3O/c1-8-6-10(15-13)4-5-11(8)12(16)14-7-9-2-3-9/h4-6,9,15H,2-3,7,13H2,1H3,(H,14,16). The highest BCUT2D eigenvalue weighted by Crippen LogP contribution is 2.27. The van der Waals surface area contributed by atoms with Crippen molar-refractivity contribution in [2.24, 2.45) is 11.8 Å². The van der Waals surface area contributed by atoms with Crippen molar-refractivity contribution < 1.29 is 4.79 Å². The van der Waals surface area contributed by atoms with Crippen LogP contribution in [0.3, 0.4) is 0 Å². The van der Waals surface area contributed by atoms with Gasteiger partial charge >= 0.3 is 0 Å². The van der Waals surface area contributed by atoms with Gasteiger partial charge in [-0.1, -0.05) is 0 Å². The molecule has 1 aliphatic carbocycles. The number of hydrazine groups is 1. The lowest BCUT2D eigenvalue weighted by molar-refractivity contribution is 0.0951. The van der Waals surface area contributed by atoms with Crippen LogP contribution in [0.1, 0.15) is 28.8 Å². The highest BCUT2D eigenvalue weighted by molar-refractivity contribution is 5.96. The first-order valence-corrected chi connectivity index (χ1v) is 5.56. The Hall–Kier alpha value is -1.55. The number of hydrogen-bond acceptors (Lipinski definition) is 3. The molecule has 1 aromatic rings. The van der Waals surface area contributed by atoms with Gasteiger partial charge in [0.2, 0.25) is 0 Å². The second-order valence-electron chi connectivity index (χ2n) is 4.33. The van der Waals surface area contributed by atoms with Gasteiger partial charge in [0.15, 0.2) is 0 Å². The van der Waals surface area contributed by atoms with Crippen LogP contribution in [-0.2, 0) is 0 Å². The summed E-state index contributed by atoms with van der Waals surface area (Å²) in [4.78, 5) is 11.8. The molecule has 4 heteroatoms. The van der Waals surface area contributed by atoms with Crippen LogP contribution in [0.2, 0.25) is 0 Å². The van der Waals surface area contributed by atoms with Crippen LogP contribution in [0, 0.1) is 12.8 Å². The zero-order valence-electron chi connectivity index (χ0n) is 9.42. The Labute approximate surface area is 95.2 Å². The van der Waals surface area contributed by atoms with Crippen molar-refractivity contribution in [2.45, 2.75) is 19.8 Å². The average Bonchev–Trinajstić information content (AvgIpc) is 3.09. The smallest absolute Gasteiger partial charge is 0.251 e. The Morgan fingerprint density at radius 2 is 2.25 bits per heavy atom. The fraction of sp³-hybridized carbons (Fsp3) is 0.417. The fourth-order valence-electron chi connectivity index (χ4n) is 1.66. The number of nitrogens with two attached hydrogens (primary N) is 1. The lowest BCUT2D eigenvalue weighted by Crippen LogP contribution is -2.26. The molecule has 16 heavy (non-hydrogen) atoms. The highest BCUT2D eigenvalue weighted by atomic mass is 16.1. The van der Waals surface area contributed by atoms with Gasteiger partial charge < -0.3 is 10.7 Å². The first-order valence-electron chi connectivity index (χ1n) is 5.56. The highest BCUT2D eigenvalue weighted by Gasteiger charge is 2.22. The Morgan fingerprint density at radius 3 is 2.81 bits per heavy atom. The SMILES string of the molecule is Cc1cc(NN)ccc1C(=O)NCC1CC1. The molecule has 0 saturated heterocycles. The van der Waals surface area contributed by atoms with Gasteiger partial charge in [-0.25, -0.2) is 0 Å². The second kappa shape index (κ2) is 4.53. The van der Waals surface area contributed by atoms with E-state index in [0.29, 0.717) is 5.92 Å². The fourth-order valence-corrected chi connectivity index (χ4v) is 1.66. The summed E-state index contributed by atoms with van der Waals surface area (Å²) in [6.07, 6.45) is 2.49. The summed E-state index contributed by atoms with van der Waals surface area (Å²) in [6, 6.07) is 5.47. The summed E-state index contributed by atoms with van der Waals surface area (Å²) in [5, 5.41) is 2.95. The predicted molar refractivity (Wildman–Crippen MR) is 64.0 cm³/mol. The number of nitrogens with one attached hydrogen (secondary N) is 2. The molecule has 0 heterocycles. The summed E-state index contributed by atoms with van der Waals surface area (Å²) >= 11 is 0. The first-order chi connectivity index (χ1) is 7.70. The number of aryl methyl sites for hydroxylation is 1. The largest absolute Gasteiger partial charge is 0.352 e. The van der Waals surface area contributed by atoms with Gasteiger partial charge in [-0.15, -0.1) is 0 Å². The van der Waals surface area contributed by atoms with E-state index in [1.54, 1.807) is 12.1 Å². The van der Waals surface area contributed by atoms with Crippen molar-refractivity contribution in [2.75, 3.05) is 12.0 Å². The lowest BCUT2D eigenvalue weighted by Gasteiger charge is -2.08. The zero-order valence-corrected chi connectivity index (χ0v) is 9.42. The Balaban J connectivity index is 2.03. The van der Waals surface area contributed by atoms with E-state index in [1.165, 1.54) is 12.8 Å². The molecule has 0 radical (unpaired) electrons. The van der Waals surface area contributed by atoms with E-state index in [0.717, 1.165) is 23.4 Å². The number of hydrogen-bond donors (Lipinski definition) is 3. The molecule has 0 spiro atoms. The van der Waals surface area contributed by atoms with Gasteiger partial charge in [0.05, 0.1) is 0 Å². The zero-order chi connectivity index (χ0) is 11.5. The Kier molecular flexibility index (Phi) is 3.10. The number of carbonyl (C=O) groups is 1. The quantitative estimate of drug-likeness (QED) is 0.530. The molecule has 86 valence electrons. The van der Waals surface area contributed by atoms with Crippen LogP contribution in [0.25, 0.3) is 0 Å². The maximum absolute atomic E-state index is 11.8. The minimum Gasteiger partial charge on any atom is -0.352 e. The van der Waals surface area contributed by atoms with E-state index in [4.69, 9.17) is 5.84 Å². The third-order valence-corrected chi connectivity index (χ3v) is 2.89. The number of rotatable bonds is 4. The molecule has 1 aromatic carbocycles. The van der Waals surface area contributed by atoms with Gasteiger partial charge in [0.25, 0.3) is 5.91 Å². The second-order valence-corrected chi connectivity index (χ2v) is 4.33. The molecule has 4 nitrogen and oxygen atoms in total. The number of carbonyl (C=O) groups excluding carboxylic acids is 1. The van der Waals surface area contributed by atoms with Gasteiger partial charge in [-0.2, -0.15) is 0 Å². The van der Waals surface area contributed by atoms with Crippen molar-refractivity contribution in [3.63, 3.8) is 0 Å². The molecule has 1 fully saturated rings. The van der Waals surface area contributed by atoms with Crippen LogP contribution >= 0.6 is 0 Å². The van der Waals surface area contributed by atoms with Crippen LogP contribution in [0.4, 0.5) is 5.69 Å². The monoisotopic (exact) mass is 219 g/mol. The average molecular weight is 219 g/mol. The van der Waals surface area contributed by atoms with E-state index in [-0.39, 0.29) is 5.91 Å². The van der Waals surface area contributed by atoms with Crippen molar-refractivity contribution in [1.29, 1.82) is 0 Å². The maximum Gasteiger partial charge on any atom is 0.251 e. The van der Waals surface area contributed by atoms with Gasteiger partial charge in [0, 0.05) is 17.8 Å². The number of nitrogen functional groups attached to an aromatic ring is 1. The number of anilines is 1. The van der Waals surface area contributed by atoms with Crippen LogP contribution < -0.4 is 16.6 Å². The van der Waals surface area contributed by atoms with Crippen molar-refractivity contribution in [3.05, 3.63) is 29.3 Å². The predicted octanol–water partition coefficient (Wildman–Crippen LogP) is 1.42. The van der Waals surface area contributed by atoms with Crippen molar-refractivity contribution >= 4 is 11.6 Å². The third-order valence-electron chi connectivity index (χ3n) is 2.89. The molecule has 0 atom stereocenters. The van der Waals surface area contributed by atoms with E-state index in [1.807, 2.05) is 13.0 Å². The summed E-state index contributed by atoms with van der Waals surface area (Å²) < 4.78 is 0. The molecule has 0 bridgehead atoms. The summed E-state index contributed by atoms with van der Waals surface area (Å²) in [5.74, 6) is 6.01. The lowest BCUT2D eigenvalue weighted by atomic mass is 10.1. The molecule has 1 amide bonds. The molecular formula is C12H17N3O. The van der Waals surface area contributed by atoms with Gasteiger partial charge in [-0.05, 0) is 49.4 Å². The molecule has 1 saturated carbocycles. The van der Waals surface area contributed by atoms with E-state index in [2.05, 4.69) is 10.7 Å². The van der Waals surface area contributed by atoms with E-state index < -0.39 is 0 Å². The van der Waals surface area contributed by atoms with E-state index >= 15 is 0 Å². The molecule has 2 rings (SSSR count). The van der Waals surface area contributed by atoms with Crippen LogP contribution in [0.5, 0.6) is 0 Å². The van der Waals surface area contributed by atoms with Crippen LogP contribution in [-0.4, -0.2) is 12.5 Å². The normalized spacial score (nSPS) is 14.6. The van der Waals surface area contributed by atoms with Crippen molar-refractivity contribution in [3.8, 4) is 0 Å². The molecular weight excluding hydrogens is 202 g/mol. The molecule has 0 aliphatic heterocycles. The first kappa shape index (κ1) is 11.0. The summed E-state index contributed by atoms with van der Waals surface area (Å²) in [6.45, 7) is 2.71. The molecule has 1 aliphatic rings. The Morgan fingerprint density at radius 1 is 1.50 bits per heavy atom. The molecule has 0 unspecified atom stereocenters. The number of amides is 1. The van der Waals surface area contributed by atoms with E-state index in [9.17, 15) is 4.79 Å². The third kappa shape index (κ3) is 2.52.